The van der Waals surface area contributed by atoms with Crippen LogP contribution in [-0.4, -0.2) is 18.5 Å². The number of nitrogens with one attached hydrogen (secondary N) is 1. The second-order valence-corrected chi connectivity index (χ2v) is 8.72. The van der Waals surface area contributed by atoms with E-state index in [0.29, 0.717) is 21.2 Å². The lowest BCUT2D eigenvalue weighted by molar-refractivity contribution is 0.0526. The maximum Gasteiger partial charge on any atom is 0.341 e. The van der Waals surface area contributed by atoms with Crippen molar-refractivity contribution in [2.45, 2.75) is 32.1 Å². The molecule has 4 rings (SSSR count). The zero-order valence-corrected chi connectivity index (χ0v) is 18.3. The van der Waals surface area contributed by atoms with Gasteiger partial charge in [0.2, 0.25) is 0 Å². The Balaban J connectivity index is 1.65. The molecule has 2 aromatic heterocycles. The van der Waals surface area contributed by atoms with Crippen molar-refractivity contribution in [3.63, 3.8) is 0 Å². The molecular weight excluding hydrogens is 454 g/mol. The van der Waals surface area contributed by atoms with Crippen LogP contribution in [0.2, 0.25) is 0 Å². The van der Waals surface area contributed by atoms with Crippen LogP contribution < -0.4 is 5.32 Å². The largest absolute Gasteiger partial charge is 0.462 e. The van der Waals surface area contributed by atoms with E-state index in [2.05, 4.69) is 45.5 Å². The first-order valence-corrected chi connectivity index (χ1v) is 11.1. The average molecular weight is 474 g/mol. The molecule has 1 aromatic carbocycles. The summed E-state index contributed by atoms with van der Waals surface area (Å²) in [6.07, 6.45) is 2.58. The third-order valence-electron chi connectivity index (χ3n) is 5.04. The van der Waals surface area contributed by atoms with Gasteiger partial charge in [0.1, 0.15) is 5.00 Å². The summed E-state index contributed by atoms with van der Waals surface area (Å²) < 4.78 is 11.1. The second kappa shape index (κ2) is 8.55. The van der Waals surface area contributed by atoms with Gasteiger partial charge in [-0.25, -0.2) is 4.79 Å². The molecule has 1 N–H and O–H groups in total. The van der Waals surface area contributed by atoms with E-state index in [0.717, 1.165) is 29.7 Å². The summed E-state index contributed by atoms with van der Waals surface area (Å²) >= 11 is 4.66. The van der Waals surface area contributed by atoms with Crippen molar-refractivity contribution in [1.82, 2.24) is 0 Å². The van der Waals surface area contributed by atoms with E-state index in [1.807, 2.05) is 6.07 Å². The number of carbonyl (C=O) groups excluding carboxylic acids is 2. The van der Waals surface area contributed by atoms with Crippen LogP contribution in [0, 0.1) is 0 Å². The number of amides is 1. The first-order chi connectivity index (χ1) is 14.1. The van der Waals surface area contributed by atoms with Crippen LogP contribution in [0.1, 0.15) is 56.2 Å². The van der Waals surface area contributed by atoms with Crippen LogP contribution in [0.4, 0.5) is 5.00 Å². The molecule has 1 aliphatic carbocycles. The number of fused-ring (bicyclic) bond motifs is 1. The molecule has 0 spiro atoms. The maximum atomic E-state index is 12.7. The summed E-state index contributed by atoms with van der Waals surface area (Å²) in [5, 5.41) is 3.38. The highest BCUT2D eigenvalue weighted by Gasteiger charge is 2.31. The Labute approximate surface area is 181 Å². The van der Waals surface area contributed by atoms with E-state index < -0.39 is 0 Å². The number of rotatable bonds is 5. The monoisotopic (exact) mass is 473 g/mol. The van der Waals surface area contributed by atoms with Crippen molar-refractivity contribution in [3.05, 3.63) is 74.5 Å². The van der Waals surface area contributed by atoms with Crippen molar-refractivity contribution in [2.75, 3.05) is 11.9 Å². The fraction of sp³-hybridized carbons (Fsp3) is 0.273. The van der Waals surface area contributed by atoms with Crippen molar-refractivity contribution < 1.29 is 18.7 Å². The number of esters is 1. The average Bonchev–Trinajstić information content (AvgIpc) is 3.31. The summed E-state index contributed by atoms with van der Waals surface area (Å²) in [7, 11) is 0. The van der Waals surface area contributed by atoms with Gasteiger partial charge in [0.05, 0.1) is 12.2 Å². The molecule has 0 fully saturated rings. The van der Waals surface area contributed by atoms with Crippen LogP contribution in [0.3, 0.4) is 0 Å². The first-order valence-electron chi connectivity index (χ1n) is 9.50. The van der Waals surface area contributed by atoms with Gasteiger partial charge in [0, 0.05) is 4.88 Å². The molecule has 2 heterocycles. The van der Waals surface area contributed by atoms with Crippen LogP contribution in [0.15, 0.2) is 51.6 Å². The third kappa shape index (κ3) is 4.16. The predicted octanol–water partition coefficient (Wildman–Crippen LogP) is 5.81. The highest BCUT2D eigenvalue weighted by molar-refractivity contribution is 9.10. The van der Waals surface area contributed by atoms with Gasteiger partial charge in [0.15, 0.2) is 10.4 Å². The summed E-state index contributed by atoms with van der Waals surface area (Å²) in [4.78, 5) is 26.4. The van der Waals surface area contributed by atoms with Crippen molar-refractivity contribution >= 4 is 44.1 Å². The zero-order chi connectivity index (χ0) is 20.4. The van der Waals surface area contributed by atoms with Gasteiger partial charge in [-0.05, 0) is 71.3 Å². The molecule has 150 valence electrons. The van der Waals surface area contributed by atoms with Crippen molar-refractivity contribution in [1.29, 1.82) is 0 Å². The molecule has 1 atom stereocenters. The Hall–Kier alpha value is -2.38. The topological polar surface area (TPSA) is 68.5 Å². The van der Waals surface area contributed by atoms with Gasteiger partial charge >= 0.3 is 5.97 Å². The number of halogens is 1. The number of benzene rings is 1. The summed E-state index contributed by atoms with van der Waals surface area (Å²) in [5.74, 6) is -0.194. The molecule has 0 saturated carbocycles. The zero-order valence-electron chi connectivity index (χ0n) is 15.9. The maximum absolute atomic E-state index is 12.7. The molecule has 29 heavy (non-hydrogen) atoms. The molecule has 0 unspecified atom stereocenters. The Kier molecular flexibility index (Phi) is 5.87. The summed E-state index contributed by atoms with van der Waals surface area (Å²) in [5.41, 5.74) is 2.78. The SMILES string of the molecule is CCOC(=O)c1c(NC(=O)c2ccc(Br)o2)sc2c1CC[C@H](c1ccccc1)C2. The molecule has 3 aromatic rings. The molecule has 0 aliphatic heterocycles. The number of hydrogen-bond acceptors (Lipinski definition) is 5. The van der Waals surface area contributed by atoms with Gasteiger partial charge in [-0.1, -0.05) is 30.3 Å². The number of hydrogen-bond donors (Lipinski definition) is 1. The van der Waals surface area contributed by atoms with Crippen LogP contribution in [-0.2, 0) is 17.6 Å². The van der Waals surface area contributed by atoms with Crippen molar-refractivity contribution in [2.24, 2.45) is 0 Å². The molecule has 1 amide bonds. The predicted molar refractivity (Wildman–Crippen MR) is 116 cm³/mol. The number of carbonyl (C=O) groups is 2. The minimum Gasteiger partial charge on any atom is -0.462 e. The van der Waals surface area contributed by atoms with E-state index in [1.54, 1.807) is 19.1 Å². The minimum absolute atomic E-state index is 0.181. The smallest absolute Gasteiger partial charge is 0.341 e. The van der Waals surface area contributed by atoms with Gasteiger partial charge in [0.25, 0.3) is 5.91 Å². The summed E-state index contributed by atoms with van der Waals surface area (Å²) in [6, 6.07) is 13.7. The lowest BCUT2D eigenvalue weighted by Gasteiger charge is -2.23. The van der Waals surface area contributed by atoms with E-state index in [9.17, 15) is 9.59 Å². The highest BCUT2D eigenvalue weighted by atomic mass is 79.9. The molecule has 0 radical (unpaired) electrons. The lowest BCUT2D eigenvalue weighted by Crippen LogP contribution is -2.16. The Morgan fingerprint density at radius 1 is 1.24 bits per heavy atom. The third-order valence-corrected chi connectivity index (χ3v) is 6.64. The molecular formula is C22H20BrNO4S. The first kappa shape index (κ1) is 19.9. The minimum atomic E-state index is -0.390. The highest BCUT2D eigenvalue weighted by Crippen LogP contribution is 2.43. The van der Waals surface area contributed by atoms with E-state index in [-0.39, 0.29) is 24.2 Å². The van der Waals surface area contributed by atoms with Crippen LogP contribution >= 0.6 is 27.3 Å². The van der Waals surface area contributed by atoms with Gasteiger partial charge < -0.3 is 14.5 Å². The normalized spacial score (nSPS) is 15.6. The van der Waals surface area contributed by atoms with Crippen molar-refractivity contribution in [3.8, 4) is 0 Å². The van der Waals surface area contributed by atoms with E-state index in [1.165, 1.54) is 16.9 Å². The summed E-state index contributed by atoms with van der Waals surface area (Å²) in [6.45, 7) is 2.06. The molecule has 7 heteroatoms. The number of anilines is 1. The fourth-order valence-electron chi connectivity index (χ4n) is 3.70. The van der Waals surface area contributed by atoms with Gasteiger partial charge in [-0.2, -0.15) is 0 Å². The lowest BCUT2D eigenvalue weighted by atomic mass is 9.83. The Morgan fingerprint density at radius 3 is 2.72 bits per heavy atom. The molecule has 5 nitrogen and oxygen atoms in total. The number of thiophene rings is 1. The Bertz CT molecular complexity index is 1040. The molecule has 0 saturated heterocycles. The van der Waals surface area contributed by atoms with Crippen LogP contribution in [0.25, 0.3) is 0 Å². The Morgan fingerprint density at radius 2 is 2.03 bits per heavy atom. The van der Waals surface area contributed by atoms with E-state index in [4.69, 9.17) is 9.15 Å². The van der Waals surface area contributed by atoms with Crippen LogP contribution in [0.5, 0.6) is 0 Å². The van der Waals surface area contributed by atoms with Gasteiger partial charge in [-0.15, -0.1) is 11.3 Å². The molecule has 0 bridgehead atoms. The standard InChI is InChI=1S/C22H20BrNO4S/c1-2-27-22(26)19-15-9-8-14(13-6-4-3-5-7-13)12-17(15)29-21(19)24-20(25)16-10-11-18(23)28-16/h3-7,10-11,14H,2,8-9,12H2,1H3,(H,24,25)/t14-/m0/s1. The fourth-order valence-corrected chi connectivity index (χ4v) is 5.32. The quantitative estimate of drug-likeness (QED) is 0.475. The second-order valence-electron chi connectivity index (χ2n) is 6.84. The number of ether oxygens (including phenoxy) is 1. The van der Waals surface area contributed by atoms with Gasteiger partial charge in [-0.3, -0.25) is 4.79 Å². The number of furan rings is 1. The van der Waals surface area contributed by atoms with E-state index >= 15 is 0 Å². The molecule has 1 aliphatic rings.